The van der Waals surface area contributed by atoms with E-state index in [0.29, 0.717) is 38.2 Å². The number of likely N-dealkylation sites (tertiary alicyclic amines) is 1. The number of piperidine rings is 1. The third-order valence-electron chi connectivity index (χ3n) is 6.84. The first-order chi connectivity index (χ1) is 15.6. The van der Waals surface area contributed by atoms with E-state index < -0.39 is 34.5 Å². The summed E-state index contributed by atoms with van der Waals surface area (Å²) in [5.41, 5.74) is 4.13. The molecule has 3 heterocycles. The van der Waals surface area contributed by atoms with Gasteiger partial charge in [-0.25, -0.2) is 4.98 Å². The summed E-state index contributed by atoms with van der Waals surface area (Å²) < 4.78 is 41.7. The van der Waals surface area contributed by atoms with Crippen molar-refractivity contribution in [2.75, 3.05) is 31.1 Å². The molecule has 0 saturated carbocycles. The Morgan fingerprint density at radius 1 is 1.27 bits per heavy atom. The van der Waals surface area contributed by atoms with Crippen LogP contribution in [-0.2, 0) is 18.0 Å². The van der Waals surface area contributed by atoms with Crippen molar-refractivity contribution >= 4 is 17.5 Å². The van der Waals surface area contributed by atoms with Crippen LogP contribution in [0.4, 0.5) is 18.9 Å². The van der Waals surface area contributed by atoms with Crippen molar-refractivity contribution in [1.82, 2.24) is 14.5 Å². The summed E-state index contributed by atoms with van der Waals surface area (Å²) in [5, 5.41) is 9.01. The van der Waals surface area contributed by atoms with Gasteiger partial charge in [-0.2, -0.15) is 18.4 Å². The number of nitrogens with two attached hydrogens (primary N) is 1. The Labute approximate surface area is 188 Å². The lowest BCUT2D eigenvalue weighted by atomic mass is 9.70. The van der Waals surface area contributed by atoms with Crippen LogP contribution in [0.1, 0.15) is 34.6 Å². The van der Waals surface area contributed by atoms with Crippen molar-refractivity contribution < 1.29 is 22.8 Å². The topological polar surface area (TPSA) is 108 Å². The summed E-state index contributed by atoms with van der Waals surface area (Å²) in [4.78, 5) is 32.7. The predicted octanol–water partition coefficient (Wildman–Crippen LogP) is 2.15. The maximum Gasteiger partial charge on any atom is 0.417 e. The number of nitriles is 1. The van der Waals surface area contributed by atoms with Crippen LogP contribution in [0.2, 0.25) is 0 Å². The van der Waals surface area contributed by atoms with Crippen molar-refractivity contribution in [3.8, 4) is 6.07 Å². The fourth-order valence-electron chi connectivity index (χ4n) is 5.01. The van der Waals surface area contributed by atoms with Gasteiger partial charge in [0, 0.05) is 56.7 Å². The van der Waals surface area contributed by atoms with Crippen LogP contribution in [-0.4, -0.2) is 52.4 Å². The lowest BCUT2D eigenvalue weighted by Gasteiger charge is -2.42. The van der Waals surface area contributed by atoms with E-state index in [0.717, 1.165) is 6.07 Å². The minimum atomic E-state index is -4.63. The molecule has 1 spiro atoms. The molecule has 4 rings (SSSR count). The van der Waals surface area contributed by atoms with E-state index in [1.807, 2.05) is 4.90 Å². The molecule has 0 bridgehead atoms. The summed E-state index contributed by atoms with van der Waals surface area (Å²) >= 11 is 0. The second-order valence-electron chi connectivity index (χ2n) is 8.69. The van der Waals surface area contributed by atoms with Crippen molar-refractivity contribution in [3.63, 3.8) is 0 Å². The summed E-state index contributed by atoms with van der Waals surface area (Å²) in [5.74, 6) is -1.05. The molecule has 1 aromatic heterocycles. The van der Waals surface area contributed by atoms with E-state index in [9.17, 15) is 22.8 Å². The van der Waals surface area contributed by atoms with Crippen LogP contribution in [0.15, 0.2) is 30.6 Å². The number of primary amides is 1. The van der Waals surface area contributed by atoms with Crippen molar-refractivity contribution in [2.24, 2.45) is 24.1 Å². The SMILES string of the molecule is Cn1ccnc1C(=O)N1CC(C(N)=O)C2(CCN(c3ccc(C#N)c(C(F)(F)F)c3)CC2)C1. The van der Waals surface area contributed by atoms with Crippen LogP contribution in [0.25, 0.3) is 0 Å². The third-order valence-corrected chi connectivity index (χ3v) is 6.84. The Bertz CT molecular complexity index is 1130. The normalized spacial score (nSPS) is 20.2. The van der Waals surface area contributed by atoms with Crippen LogP contribution in [0.5, 0.6) is 0 Å². The largest absolute Gasteiger partial charge is 0.417 e. The van der Waals surface area contributed by atoms with E-state index in [1.165, 1.54) is 18.3 Å². The minimum Gasteiger partial charge on any atom is -0.371 e. The molecule has 2 fully saturated rings. The zero-order valence-corrected chi connectivity index (χ0v) is 18.0. The number of carbonyl (C=O) groups is 2. The van der Waals surface area contributed by atoms with Crippen LogP contribution >= 0.6 is 0 Å². The fraction of sp³-hybridized carbons (Fsp3) is 0.455. The minimum absolute atomic E-state index is 0.191. The molecule has 2 aromatic rings. The van der Waals surface area contributed by atoms with Crippen molar-refractivity contribution in [3.05, 3.63) is 47.5 Å². The zero-order chi connectivity index (χ0) is 24.0. The number of hydrogen-bond donors (Lipinski definition) is 1. The van der Waals surface area contributed by atoms with Crippen molar-refractivity contribution in [2.45, 2.75) is 19.0 Å². The Balaban J connectivity index is 1.54. The molecule has 2 saturated heterocycles. The van der Waals surface area contributed by atoms with Gasteiger partial charge in [0.15, 0.2) is 5.82 Å². The maximum absolute atomic E-state index is 13.4. The number of aromatic nitrogens is 2. The van der Waals surface area contributed by atoms with Gasteiger partial charge in [-0.1, -0.05) is 0 Å². The molecule has 1 unspecified atom stereocenters. The van der Waals surface area contributed by atoms with Gasteiger partial charge in [0.2, 0.25) is 5.91 Å². The summed E-state index contributed by atoms with van der Waals surface area (Å²) in [7, 11) is 1.71. The number of rotatable bonds is 3. The monoisotopic (exact) mass is 460 g/mol. The Morgan fingerprint density at radius 3 is 2.52 bits per heavy atom. The zero-order valence-electron chi connectivity index (χ0n) is 18.0. The number of carbonyl (C=O) groups excluding carboxylic acids is 2. The number of amides is 2. The van der Waals surface area contributed by atoms with Gasteiger partial charge in [0.1, 0.15) is 0 Å². The number of alkyl halides is 3. The molecule has 0 aliphatic carbocycles. The van der Waals surface area contributed by atoms with E-state index in [4.69, 9.17) is 11.0 Å². The number of benzene rings is 1. The second kappa shape index (κ2) is 8.10. The van der Waals surface area contributed by atoms with E-state index >= 15 is 0 Å². The summed E-state index contributed by atoms with van der Waals surface area (Å²) in [6.45, 7) is 1.33. The van der Waals surface area contributed by atoms with Gasteiger partial charge < -0.3 is 20.1 Å². The first-order valence-electron chi connectivity index (χ1n) is 10.5. The molecule has 2 N–H and O–H groups in total. The van der Waals surface area contributed by atoms with E-state index in [2.05, 4.69) is 4.98 Å². The summed E-state index contributed by atoms with van der Waals surface area (Å²) in [6.07, 6.45) is -0.461. The number of hydrogen-bond acceptors (Lipinski definition) is 5. The molecule has 1 atom stereocenters. The molecule has 8 nitrogen and oxygen atoms in total. The van der Waals surface area contributed by atoms with Gasteiger partial charge in [-0.05, 0) is 31.0 Å². The molecule has 2 aliphatic rings. The average Bonchev–Trinajstić information content (AvgIpc) is 3.37. The standard InChI is InChI=1S/C22H23F3N6O2/c1-29-9-6-28-19(29)20(33)31-12-17(18(27)32)21(13-31)4-7-30(8-5-21)15-3-2-14(11-26)16(10-15)22(23,24)25/h2-3,6,9-10,17H,4-5,7-8,12-13H2,1H3,(H2,27,32). The Hall–Kier alpha value is -3.55. The van der Waals surface area contributed by atoms with Crippen LogP contribution < -0.4 is 10.6 Å². The molecule has 1 aromatic carbocycles. The molecule has 2 amide bonds. The first kappa shape index (κ1) is 22.6. The average molecular weight is 460 g/mol. The Morgan fingerprint density at radius 2 is 1.97 bits per heavy atom. The van der Waals surface area contributed by atoms with Crippen molar-refractivity contribution in [1.29, 1.82) is 5.26 Å². The molecule has 0 radical (unpaired) electrons. The quantitative estimate of drug-likeness (QED) is 0.755. The van der Waals surface area contributed by atoms with Gasteiger partial charge in [0.25, 0.3) is 5.91 Å². The predicted molar refractivity (Wildman–Crippen MR) is 112 cm³/mol. The lowest BCUT2D eigenvalue weighted by molar-refractivity contribution is -0.137. The second-order valence-corrected chi connectivity index (χ2v) is 8.69. The molecule has 11 heteroatoms. The molecular formula is C22H23F3N6O2. The van der Waals surface area contributed by atoms with Gasteiger partial charge in [-0.3, -0.25) is 9.59 Å². The Kier molecular flexibility index (Phi) is 5.56. The number of nitrogens with zero attached hydrogens (tertiary/aromatic N) is 5. The van der Waals surface area contributed by atoms with Gasteiger partial charge in [0.05, 0.1) is 23.1 Å². The molecular weight excluding hydrogens is 437 g/mol. The van der Waals surface area contributed by atoms with Gasteiger partial charge in [-0.15, -0.1) is 0 Å². The molecule has 2 aliphatic heterocycles. The highest BCUT2D eigenvalue weighted by Crippen LogP contribution is 2.46. The van der Waals surface area contributed by atoms with Crippen LogP contribution in [0, 0.1) is 22.7 Å². The van der Waals surface area contributed by atoms with Crippen LogP contribution in [0.3, 0.4) is 0 Å². The number of halogens is 3. The third kappa shape index (κ3) is 4.01. The number of anilines is 1. The highest BCUT2D eigenvalue weighted by molar-refractivity contribution is 5.92. The highest BCUT2D eigenvalue weighted by Gasteiger charge is 2.52. The molecule has 174 valence electrons. The fourth-order valence-corrected chi connectivity index (χ4v) is 5.01. The highest BCUT2D eigenvalue weighted by atomic mass is 19.4. The van der Waals surface area contributed by atoms with E-state index in [-0.39, 0.29) is 18.3 Å². The smallest absolute Gasteiger partial charge is 0.371 e. The number of imidazole rings is 1. The maximum atomic E-state index is 13.4. The first-order valence-corrected chi connectivity index (χ1v) is 10.5. The summed E-state index contributed by atoms with van der Waals surface area (Å²) in [6, 6.07) is 5.26. The van der Waals surface area contributed by atoms with Gasteiger partial charge >= 0.3 is 6.18 Å². The molecule has 33 heavy (non-hydrogen) atoms. The number of aryl methyl sites for hydroxylation is 1. The van der Waals surface area contributed by atoms with E-state index in [1.54, 1.807) is 28.8 Å². The lowest BCUT2D eigenvalue weighted by Crippen LogP contribution is -2.47.